The highest BCUT2D eigenvalue weighted by molar-refractivity contribution is 5.79. The summed E-state index contributed by atoms with van der Waals surface area (Å²) in [6, 6.07) is 9.90. The first-order valence-electron chi connectivity index (χ1n) is 8.15. The molecule has 2 aliphatic rings. The van der Waals surface area contributed by atoms with Crippen molar-refractivity contribution in [2.45, 2.75) is 12.5 Å². The van der Waals surface area contributed by atoms with Gasteiger partial charge in [0, 0.05) is 38.6 Å². The van der Waals surface area contributed by atoms with E-state index in [4.69, 9.17) is 4.74 Å². The molecule has 6 heteroatoms. The van der Waals surface area contributed by atoms with Crippen LogP contribution in [0.4, 0.5) is 0 Å². The molecule has 124 valence electrons. The molecule has 0 spiro atoms. The SMILES string of the molecule is O=C1C[C@H](c2ccccc2)N(CC(=O)N2CCOCC2)CCN1. The summed E-state index contributed by atoms with van der Waals surface area (Å²) >= 11 is 0. The second kappa shape index (κ2) is 7.57. The van der Waals surface area contributed by atoms with Crippen LogP contribution >= 0.6 is 0 Å². The molecule has 2 fully saturated rings. The molecule has 1 atom stereocenters. The number of carbonyl (C=O) groups excluding carboxylic acids is 2. The zero-order valence-corrected chi connectivity index (χ0v) is 13.2. The molecule has 1 aromatic rings. The Kier molecular flexibility index (Phi) is 5.25. The second-order valence-electron chi connectivity index (χ2n) is 5.94. The number of benzene rings is 1. The Labute approximate surface area is 136 Å². The largest absolute Gasteiger partial charge is 0.378 e. The number of nitrogens with zero attached hydrogens (tertiary/aromatic N) is 2. The lowest BCUT2D eigenvalue weighted by Crippen LogP contribution is -2.46. The molecule has 0 aliphatic carbocycles. The van der Waals surface area contributed by atoms with Crippen molar-refractivity contribution >= 4 is 11.8 Å². The van der Waals surface area contributed by atoms with Gasteiger partial charge in [-0.15, -0.1) is 0 Å². The summed E-state index contributed by atoms with van der Waals surface area (Å²) in [5.74, 6) is 0.156. The molecule has 0 unspecified atom stereocenters. The molecule has 0 radical (unpaired) electrons. The molecule has 2 aliphatic heterocycles. The molecule has 0 saturated carbocycles. The molecule has 1 N–H and O–H groups in total. The second-order valence-corrected chi connectivity index (χ2v) is 5.94. The molecular weight excluding hydrogens is 294 g/mol. The lowest BCUT2D eigenvalue weighted by atomic mass is 10.0. The number of amides is 2. The molecule has 2 heterocycles. The average molecular weight is 317 g/mol. The predicted octanol–water partition coefficient (Wildman–Crippen LogP) is 0.408. The van der Waals surface area contributed by atoms with E-state index in [0.29, 0.717) is 52.4 Å². The van der Waals surface area contributed by atoms with Crippen LogP contribution in [0.5, 0.6) is 0 Å². The third kappa shape index (κ3) is 4.09. The fourth-order valence-electron chi connectivity index (χ4n) is 3.15. The number of nitrogens with one attached hydrogen (secondary N) is 1. The summed E-state index contributed by atoms with van der Waals surface area (Å²) in [4.78, 5) is 28.5. The normalized spacial score (nSPS) is 23.2. The maximum Gasteiger partial charge on any atom is 0.236 e. The van der Waals surface area contributed by atoms with Crippen LogP contribution in [0.25, 0.3) is 0 Å². The van der Waals surface area contributed by atoms with Crippen molar-refractivity contribution in [2.24, 2.45) is 0 Å². The minimum atomic E-state index is -0.0521. The number of ether oxygens (including phenoxy) is 1. The lowest BCUT2D eigenvalue weighted by Gasteiger charge is -2.33. The molecule has 6 nitrogen and oxygen atoms in total. The Morgan fingerprint density at radius 2 is 1.91 bits per heavy atom. The van der Waals surface area contributed by atoms with Crippen LogP contribution < -0.4 is 5.32 Å². The molecule has 23 heavy (non-hydrogen) atoms. The van der Waals surface area contributed by atoms with Gasteiger partial charge in [-0.1, -0.05) is 30.3 Å². The van der Waals surface area contributed by atoms with Gasteiger partial charge in [-0.3, -0.25) is 14.5 Å². The number of morpholine rings is 1. The van der Waals surface area contributed by atoms with E-state index in [1.165, 1.54) is 0 Å². The van der Waals surface area contributed by atoms with E-state index in [-0.39, 0.29) is 17.9 Å². The van der Waals surface area contributed by atoms with Gasteiger partial charge in [0.2, 0.25) is 11.8 Å². The zero-order valence-electron chi connectivity index (χ0n) is 13.2. The quantitative estimate of drug-likeness (QED) is 0.877. The van der Waals surface area contributed by atoms with Crippen LogP contribution in [0.2, 0.25) is 0 Å². The molecule has 0 aromatic heterocycles. The highest BCUT2D eigenvalue weighted by Crippen LogP contribution is 2.25. The summed E-state index contributed by atoms with van der Waals surface area (Å²) in [5, 5.41) is 2.90. The summed E-state index contributed by atoms with van der Waals surface area (Å²) in [7, 11) is 0. The number of hydrogen-bond donors (Lipinski definition) is 1. The minimum absolute atomic E-state index is 0.0418. The van der Waals surface area contributed by atoms with Crippen molar-refractivity contribution in [2.75, 3.05) is 45.9 Å². The first-order chi connectivity index (χ1) is 11.2. The van der Waals surface area contributed by atoms with Crippen LogP contribution in [-0.2, 0) is 14.3 Å². The smallest absolute Gasteiger partial charge is 0.236 e. The van der Waals surface area contributed by atoms with E-state index in [1.807, 2.05) is 35.2 Å². The summed E-state index contributed by atoms with van der Waals surface area (Å²) < 4.78 is 5.30. The Bertz CT molecular complexity index is 543. The van der Waals surface area contributed by atoms with Crippen molar-refractivity contribution in [1.82, 2.24) is 15.1 Å². The molecule has 3 rings (SSSR count). The monoisotopic (exact) mass is 317 g/mol. The predicted molar refractivity (Wildman–Crippen MR) is 85.8 cm³/mol. The fraction of sp³-hybridized carbons (Fsp3) is 0.529. The average Bonchev–Trinajstić information content (AvgIpc) is 2.78. The highest BCUT2D eigenvalue weighted by atomic mass is 16.5. The standard InChI is InChI=1S/C17H23N3O3/c21-16-12-15(14-4-2-1-3-5-14)20(7-6-18-16)13-17(22)19-8-10-23-11-9-19/h1-5,15H,6-13H2,(H,18,21)/t15-/m1/s1. The van der Waals surface area contributed by atoms with Gasteiger partial charge < -0.3 is 15.0 Å². The van der Waals surface area contributed by atoms with E-state index >= 15 is 0 Å². The van der Waals surface area contributed by atoms with Gasteiger partial charge in [0.25, 0.3) is 0 Å². The Morgan fingerprint density at radius 3 is 2.65 bits per heavy atom. The maximum atomic E-state index is 12.6. The lowest BCUT2D eigenvalue weighted by molar-refractivity contribution is -0.137. The van der Waals surface area contributed by atoms with Gasteiger partial charge in [-0.2, -0.15) is 0 Å². The van der Waals surface area contributed by atoms with Crippen molar-refractivity contribution < 1.29 is 14.3 Å². The van der Waals surface area contributed by atoms with Gasteiger partial charge in [0.05, 0.1) is 19.8 Å². The van der Waals surface area contributed by atoms with Gasteiger partial charge in [-0.05, 0) is 5.56 Å². The van der Waals surface area contributed by atoms with Gasteiger partial charge in [-0.25, -0.2) is 0 Å². The maximum absolute atomic E-state index is 12.6. The van der Waals surface area contributed by atoms with E-state index in [0.717, 1.165) is 5.56 Å². The Hall–Kier alpha value is -1.92. The first-order valence-corrected chi connectivity index (χ1v) is 8.15. The number of rotatable bonds is 3. The van der Waals surface area contributed by atoms with Crippen molar-refractivity contribution in [3.05, 3.63) is 35.9 Å². The molecule has 2 amide bonds. The summed E-state index contributed by atoms with van der Waals surface area (Å²) in [6.45, 7) is 4.12. The van der Waals surface area contributed by atoms with Crippen LogP contribution in [0.15, 0.2) is 30.3 Å². The van der Waals surface area contributed by atoms with Crippen molar-refractivity contribution in [1.29, 1.82) is 0 Å². The molecule has 2 saturated heterocycles. The van der Waals surface area contributed by atoms with E-state index in [9.17, 15) is 9.59 Å². The zero-order chi connectivity index (χ0) is 16.1. The van der Waals surface area contributed by atoms with Gasteiger partial charge in [0.1, 0.15) is 0 Å². The topological polar surface area (TPSA) is 61.9 Å². The minimum Gasteiger partial charge on any atom is -0.378 e. The van der Waals surface area contributed by atoms with Crippen molar-refractivity contribution in [3.63, 3.8) is 0 Å². The fourth-order valence-corrected chi connectivity index (χ4v) is 3.15. The van der Waals surface area contributed by atoms with Crippen LogP contribution in [-0.4, -0.2) is 67.6 Å². The van der Waals surface area contributed by atoms with E-state index in [1.54, 1.807) is 0 Å². The highest BCUT2D eigenvalue weighted by Gasteiger charge is 2.29. The van der Waals surface area contributed by atoms with Crippen LogP contribution in [0, 0.1) is 0 Å². The van der Waals surface area contributed by atoms with Crippen LogP contribution in [0.3, 0.4) is 0 Å². The Morgan fingerprint density at radius 1 is 1.17 bits per heavy atom. The third-order valence-electron chi connectivity index (χ3n) is 4.43. The van der Waals surface area contributed by atoms with E-state index in [2.05, 4.69) is 10.2 Å². The number of carbonyl (C=O) groups is 2. The van der Waals surface area contributed by atoms with Crippen LogP contribution in [0.1, 0.15) is 18.0 Å². The first kappa shape index (κ1) is 16.0. The van der Waals surface area contributed by atoms with Crippen molar-refractivity contribution in [3.8, 4) is 0 Å². The van der Waals surface area contributed by atoms with Gasteiger partial charge in [0.15, 0.2) is 0 Å². The molecule has 1 aromatic carbocycles. The number of hydrogen-bond acceptors (Lipinski definition) is 4. The summed E-state index contributed by atoms with van der Waals surface area (Å²) in [6.07, 6.45) is 0.389. The van der Waals surface area contributed by atoms with Gasteiger partial charge >= 0.3 is 0 Å². The third-order valence-corrected chi connectivity index (χ3v) is 4.43. The Balaban J connectivity index is 1.73. The summed E-state index contributed by atoms with van der Waals surface area (Å²) in [5.41, 5.74) is 1.08. The van der Waals surface area contributed by atoms with E-state index < -0.39 is 0 Å². The molecular formula is C17H23N3O3. The molecule has 0 bridgehead atoms.